The number of anilines is 4. The Morgan fingerprint density at radius 3 is 2.57 bits per heavy atom. The summed E-state index contributed by atoms with van der Waals surface area (Å²) in [6.45, 7) is 8.16. The van der Waals surface area contributed by atoms with Crippen LogP contribution in [0.4, 0.5) is 23.0 Å². The molecule has 0 saturated carbocycles. The summed E-state index contributed by atoms with van der Waals surface area (Å²) in [5, 5.41) is 7.61. The van der Waals surface area contributed by atoms with Gasteiger partial charge in [-0.15, -0.1) is 0 Å². The molecule has 1 N–H and O–H groups in total. The highest BCUT2D eigenvalue weighted by atomic mass is 16.2. The Morgan fingerprint density at radius 2 is 1.90 bits per heavy atom. The summed E-state index contributed by atoms with van der Waals surface area (Å²) < 4.78 is 1.83. The van der Waals surface area contributed by atoms with Crippen LogP contribution in [-0.2, 0) is 11.8 Å². The van der Waals surface area contributed by atoms with Crippen molar-refractivity contribution < 1.29 is 4.79 Å². The van der Waals surface area contributed by atoms with E-state index in [2.05, 4.69) is 45.2 Å². The van der Waals surface area contributed by atoms with Crippen LogP contribution in [0.5, 0.6) is 0 Å². The van der Waals surface area contributed by atoms with Gasteiger partial charge in [-0.1, -0.05) is 0 Å². The van der Waals surface area contributed by atoms with E-state index in [0.717, 1.165) is 34.0 Å². The van der Waals surface area contributed by atoms with E-state index in [1.54, 1.807) is 11.1 Å². The fourth-order valence-electron chi connectivity index (χ4n) is 3.99. The Labute approximate surface area is 176 Å². The van der Waals surface area contributed by atoms with Gasteiger partial charge in [0.15, 0.2) is 0 Å². The average Bonchev–Trinajstić information content (AvgIpc) is 3.05. The highest BCUT2D eigenvalue weighted by Gasteiger charge is 2.34. The minimum atomic E-state index is -0.217. The van der Waals surface area contributed by atoms with Gasteiger partial charge in [-0.3, -0.25) is 9.48 Å². The van der Waals surface area contributed by atoms with Gasteiger partial charge in [0.2, 0.25) is 11.9 Å². The SMILES string of the molecule is Cc1c(-c2ccnc(Nc3ccc4c(c3)N(C(C)C)C(C)C(=O)N4C)n2)cnn1C. The Morgan fingerprint density at radius 1 is 1.13 bits per heavy atom. The number of aryl methyl sites for hydroxylation is 1. The van der Waals surface area contributed by atoms with Crippen molar-refractivity contribution in [3.05, 3.63) is 42.4 Å². The predicted molar refractivity (Wildman–Crippen MR) is 119 cm³/mol. The molecule has 1 aromatic carbocycles. The molecule has 0 radical (unpaired) electrons. The number of rotatable bonds is 4. The number of fused-ring (bicyclic) bond motifs is 1. The first kappa shape index (κ1) is 19.9. The number of hydrogen-bond acceptors (Lipinski definition) is 6. The largest absolute Gasteiger partial charge is 0.356 e. The molecule has 4 rings (SSSR count). The fraction of sp³-hybridized carbons (Fsp3) is 0.364. The van der Waals surface area contributed by atoms with E-state index in [1.165, 1.54) is 0 Å². The molecule has 1 aliphatic rings. The van der Waals surface area contributed by atoms with Crippen molar-refractivity contribution in [1.29, 1.82) is 0 Å². The first-order valence-electron chi connectivity index (χ1n) is 10.1. The van der Waals surface area contributed by atoms with Crippen molar-refractivity contribution in [3.8, 4) is 11.3 Å². The molecule has 0 spiro atoms. The lowest BCUT2D eigenvalue weighted by Gasteiger charge is -2.42. The first-order chi connectivity index (χ1) is 14.3. The lowest BCUT2D eigenvalue weighted by Crippen LogP contribution is -2.53. The molecule has 0 aliphatic carbocycles. The molecule has 8 nitrogen and oxygen atoms in total. The smallest absolute Gasteiger partial charge is 0.249 e. The van der Waals surface area contributed by atoms with Crippen LogP contribution in [-0.4, -0.2) is 44.8 Å². The van der Waals surface area contributed by atoms with Crippen molar-refractivity contribution in [2.75, 3.05) is 22.2 Å². The molecule has 30 heavy (non-hydrogen) atoms. The van der Waals surface area contributed by atoms with Gasteiger partial charge in [-0.2, -0.15) is 5.10 Å². The second kappa shape index (κ2) is 7.44. The number of aromatic nitrogens is 4. The fourth-order valence-corrected chi connectivity index (χ4v) is 3.99. The number of benzene rings is 1. The van der Waals surface area contributed by atoms with Crippen LogP contribution in [0.2, 0.25) is 0 Å². The van der Waals surface area contributed by atoms with Crippen LogP contribution in [0.1, 0.15) is 26.5 Å². The lowest BCUT2D eigenvalue weighted by atomic mass is 10.0. The third-order valence-electron chi connectivity index (χ3n) is 5.70. The molecule has 1 unspecified atom stereocenters. The average molecular weight is 406 g/mol. The van der Waals surface area contributed by atoms with Crippen molar-refractivity contribution in [2.45, 2.75) is 39.8 Å². The van der Waals surface area contributed by atoms with Crippen LogP contribution in [0.25, 0.3) is 11.3 Å². The molecule has 156 valence electrons. The number of nitrogens with zero attached hydrogens (tertiary/aromatic N) is 6. The molecule has 1 amide bonds. The van der Waals surface area contributed by atoms with Crippen molar-refractivity contribution in [3.63, 3.8) is 0 Å². The molecule has 3 heterocycles. The second-order valence-corrected chi connectivity index (χ2v) is 7.94. The van der Waals surface area contributed by atoms with E-state index in [9.17, 15) is 4.79 Å². The van der Waals surface area contributed by atoms with Gasteiger partial charge in [-0.05, 0) is 52.0 Å². The molecule has 0 fully saturated rings. The predicted octanol–water partition coefficient (Wildman–Crippen LogP) is 3.51. The molecule has 2 aromatic heterocycles. The highest BCUT2D eigenvalue weighted by molar-refractivity contribution is 6.05. The summed E-state index contributed by atoms with van der Waals surface area (Å²) in [6, 6.07) is 7.82. The first-order valence-corrected chi connectivity index (χ1v) is 10.1. The molecule has 8 heteroatoms. The van der Waals surface area contributed by atoms with Crippen molar-refractivity contribution in [1.82, 2.24) is 19.7 Å². The van der Waals surface area contributed by atoms with Gasteiger partial charge in [-0.25, -0.2) is 9.97 Å². The van der Waals surface area contributed by atoms with E-state index in [0.29, 0.717) is 5.95 Å². The zero-order valence-electron chi connectivity index (χ0n) is 18.2. The van der Waals surface area contributed by atoms with Crippen LogP contribution >= 0.6 is 0 Å². The van der Waals surface area contributed by atoms with Gasteiger partial charge in [0.1, 0.15) is 6.04 Å². The quantitative estimate of drug-likeness (QED) is 0.716. The normalized spacial score (nSPS) is 16.2. The number of hydrogen-bond donors (Lipinski definition) is 1. The minimum absolute atomic E-state index is 0.0970. The minimum Gasteiger partial charge on any atom is -0.356 e. The molecule has 3 aromatic rings. The second-order valence-electron chi connectivity index (χ2n) is 7.94. The zero-order chi connectivity index (χ0) is 21.6. The van der Waals surface area contributed by atoms with Gasteiger partial charge in [0.05, 0.1) is 23.3 Å². The maximum atomic E-state index is 12.6. The summed E-state index contributed by atoms with van der Waals surface area (Å²) in [7, 11) is 3.74. The van der Waals surface area contributed by atoms with Gasteiger partial charge >= 0.3 is 0 Å². The maximum absolute atomic E-state index is 12.6. The Balaban J connectivity index is 1.68. The van der Waals surface area contributed by atoms with E-state index in [4.69, 9.17) is 0 Å². The van der Waals surface area contributed by atoms with Crippen LogP contribution < -0.4 is 15.1 Å². The maximum Gasteiger partial charge on any atom is 0.249 e. The summed E-state index contributed by atoms with van der Waals surface area (Å²) in [5.41, 5.74) is 5.63. The molecule has 0 saturated heterocycles. The molecule has 1 atom stereocenters. The van der Waals surface area contributed by atoms with Gasteiger partial charge in [0, 0.05) is 43.3 Å². The number of likely N-dealkylation sites (N-methyl/N-ethyl adjacent to an activating group) is 1. The molecular weight excluding hydrogens is 378 g/mol. The summed E-state index contributed by atoms with van der Waals surface area (Å²) in [4.78, 5) is 25.5. The van der Waals surface area contributed by atoms with Gasteiger partial charge in [0.25, 0.3) is 0 Å². The standard InChI is InChI=1S/C22H27N7O/c1-13(2)29-15(4)21(30)27(5)19-8-7-16(11-20(19)29)25-22-23-10-9-18(26-22)17-12-24-28(6)14(17)3/h7-13,15H,1-6H3,(H,23,25,26). The summed E-state index contributed by atoms with van der Waals surface area (Å²) in [6.07, 6.45) is 3.56. The third-order valence-corrected chi connectivity index (χ3v) is 5.70. The van der Waals surface area contributed by atoms with E-state index < -0.39 is 0 Å². The Kier molecular flexibility index (Phi) is 4.93. The van der Waals surface area contributed by atoms with Crippen LogP contribution in [0.15, 0.2) is 36.7 Å². The number of carbonyl (C=O) groups excluding carboxylic acids is 1. The topological polar surface area (TPSA) is 79.2 Å². The molecular formula is C22H27N7O. The monoisotopic (exact) mass is 405 g/mol. The van der Waals surface area contributed by atoms with E-state index in [1.807, 2.05) is 57.0 Å². The van der Waals surface area contributed by atoms with Crippen molar-refractivity contribution >= 4 is 28.9 Å². The molecule has 0 bridgehead atoms. The van der Waals surface area contributed by atoms with E-state index >= 15 is 0 Å². The Bertz CT molecular complexity index is 1100. The Hall–Kier alpha value is -3.42. The zero-order valence-corrected chi connectivity index (χ0v) is 18.2. The van der Waals surface area contributed by atoms with Gasteiger partial charge < -0.3 is 15.1 Å². The van der Waals surface area contributed by atoms with Crippen molar-refractivity contribution in [2.24, 2.45) is 7.05 Å². The number of nitrogens with one attached hydrogen (secondary N) is 1. The van der Waals surface area contributed by atoms with Crippen LogP contribution in [0.3, 0.4) is 0 Å². The lowest BCUT2D eigenvalue weighted by molar-refractivity contribution is -0.119. The molecule has 1 aliphatic heterocycles. The third kappa shape index (κ3) is 3.28. The number of carbonyl (C=O) groups is 1. The van der Waals surface area contributed by atoms with E-state index in [-0.39, 0.29) is 18.0 Å². The highest BCUT2D eigenvalue weighted by Crippen LogP contribution is 2.39. The number of amides is 1. The van der Waals surface area contributed by atoms with Crippen LogP contribution in [0, 0.1) is 6.92 Å². The summed E-state index contributed by atoms with van der Waals surface area (Å²) >= 11 is 0. The summed E-state index contributed by atoms with van der Waals surface area (Å²) in [5.74, 6) is 0.611.